The molecule has 3 N–H and O–H groups in total. The Morgan fingerprint density at radius 2 is 1.81 bits per heavy atom. The average Bonchev–Trinajstić information content (AvgIpc) is 2.44. The average molecular weight is 249 g/mol. The summed E-state index contributed by atoms with van der Waals surface area (Å²) < 4.78 is 28.0. The first-order chi connectivity index (χ1) is 7.52. The summed E-state index contributed by atoms with van der Waals surface area (Å²) in [5.41, 5.74) is 5.58. The maximum atomic E-state index is 11.9. The molecule has 0 saturated carbocycles. The first-order valence-electron chi connectivity index (χ1n) is 6.02. The van der Waals surface area contributed by atoms with Crippen LogP contribution in [0.3, 0.4) is 0 Å². The van der Waals surface area contributed by atoms with Crippen LogP contribution < -0.4 is 10.5 Å². The van der Waals surface area contributed by atoms with Gasteiger partial charge in [-0.25, -0.2) is 4.72 Å². The zero-order valence-corrected chi connectivity index (χ0v) is 10.8. The first-order valence-corrected chi connectivity index (χ1v) is 7.47. The van der Waals surface area contributed by atoms with Gasteiger partial charge in [0.05, 0.1) is 0 Å². The minimum atomic E-state index is -3.27. The van der Waals surface area contributed by atoms with Crippen LogP contribution in [0.1, 0.15) is 39.0 Å². The van der Waals surface area contributed by atoms with E-state index in [0.717, 1.165) is 25.7 Å². The number of hydrogen-bond acceptors (Lipinski definition) is 3. The highest BCUT2D eigenvalue weighted by molar-refractivity contribution is 7.87. The first kappa shape index (κ1) is 13.9. The molecule has 16 heavy (non-hydrogen) atoms. The summed E-state index contributed by atoms with van der Waals surface area (Å²) in [6.45, 7) is 3.59. The maximum Gasteiger partial charge on any atom is 0.279 e. The Kier molecular flexibility index (Phi) is 5.68. The highest BCUT2D eigenvalue weighted by Crippen LogP contribution is 2.12. The van der Waals surface area contributed by atoms with Crippen LogP contribution in [0.2, 0.25) is 0 Å². The van der Waals surface area contributed by atoms with Gasteiger partial charge < -0.3 is 5.73 Å². The second kappa shape index (κ2) is 6.54. The topological polar surface area (TPSA) is 75.4 Å². The fraction of sp³-hybridized carbons (Fsp3) is 1.00. The van der Waals surface area contributed by atoms with Crippen molar-refractivity contribution < 1.29 is 8.42 Å². The minimum Gasteiger partial charge on any atom is -0.328 e. The highest BCUT2D eigenvalue weighted by atomic mass is 32.2. The molecule has 0 aromatic carbocycles. The van der Waals surface area contributed by atoms with Gasteiger partial charge in [-0.3, -0.25) is 0 Å². The van der Waals surface area contributed by atoms with Crippen molar-refractivity contribution >= 4 is 10.2 Å². The lowest BCUT2D eigenvalue weighted by molar-refractivity contribution is 0.413. The normalized spacial score (nSPS) is 21.6. The Morgan fingerprint density at radius 3 is 2.31 bits per heavy atom. The van der Waals surface area contributed by atoms with Crippen molar-refractivity contribution in [3.63, 3.8) is 0 Å². The van der Waals surface area contributed by atoms with Crippen molar-refractivity contribution in [1.82, 2.24) is 9.03 Å². The Labute approximate surface area is 98.6 Å². The third kappa shape index (κ3) is 4.78. The van der Waals surface area contributed by atoms with Crippen molar-refractivity contribution in [2.75, 3.05) is 19.6 Å². The molecular formula is C10H23N3O2S. The third-order valence-corrected chi connectivity index (χ3v) is 4.40. The summed E-state index contributed by atoms with van der Waals surface area (Å²) in [5, 5.41) is 0. The summed E-state index contributed by atoms with van der Waals surface area (Å²) in [5.74, 6) is 0. The Balaban J connectivity index is 2.42. The van der Waals surface area contributed by atoms with Crippen LogP contribution in [0.4, 0.5) is 0 Å². The van der Waals surface area contributed by atoms with E-state index in [0.29, 0.717) is 26.1 Å². The van der Waals surface area contributed by atoms with Gasteiger partial charge in [0.25, 0.3) is 10.2 Å². The van der Waals surface area contributed by atoms with Gasteiger partial charge in [-0.1, -0.05) is 12.8 Å². The number of nitrogens with two attached hydrogens (primary N) is 1. The smallest absolute Gasteiger partial charge is 0.279 e. The van der Waals surface area contributed by atoms with Crippen LogP contribution >= 0.6 is 0 Å². The molecule has 96 valence electrons. The number of nitrogens with one attached hydrogen (secondary N) is 1. The van der Waals surface area contributed by atoms with E-state index in [1.807, 2.05) is 6.92 Å². The van der Waals surface area contributed by atoms with Gasteiger partial charge in [0, 0.05) is 25.7 Å². The molecule has 0 amide bonds. The molecule has 5 nitrogen and oxygen atoms in total. The van der Waals surface area contributed by atoms with Gasteiger partial charge in [-0.05, 0) is 26.2 Å². The van der Waals surface area contributed by atoms with Crippen molar-refractivity contribution in [1.29, 1.82) is 0 Å². The molecule has 0 spiro atoms. The van der Waals surface area contributed by atoms with E-state index < -0.39 is 10.2 Å². The zero-order valence-electron chi connectivity index (χ0n) is 9.98. The fourth-order valence-electron chi connectivity index (χ4n) is 1.79. The molecule has 0 aromatic rings. The predicted octanol–water partition coefficient (Wildman–Crippen LogP) is 0.434. The molecule has 1 aliphatic heterocycles. The minimum absolute atomic E-state index is 0.0341. The van der Waals surface area contributed by atoms with Crippen LogP contribution in [0.5, 0.6) is 0 Å². The predicted molar refractivity (Wildman–Crippen MR) is 65.2 cm³/mol. The molecule has 1 saturated heterocycles. The molecule has 1 fully saturated rings. The van der Waals surface area contributed by atoms with Gasteiger partial charge in [-0.15, -0.1) is 0 Å². The van der Waals surface area contributed by atoms with E-state index in [4.69, 9.17) is 5.73 Å². The van der Waals surface area contributed by atoms with E-state index in [2.05, 4.69) is 4.72 Å². The monoisotopic (exact) mass is 249 g/mol. The molecule has 1 atom stereocenters. The summed E-state index contributed by atoms with van der Waals surface area (Å²) in [6.07, 6.45) is 4.87. The lowest BCUT2D eigenvalue weighted by Gasteiger charge is -2.20. The number of hydrogen-bond donors (Lipinski definition) is 2. The van der Waals surface area contributed by atoms with E-state index in [9.17, 15) is 8.42 Å². The van der Waals surface area contributed by atoms with Gasteiger partial charge in [0.15, 0.2) is 0 Å². The zero-order chi connectivity index (χ0) is 12.0. The van der Waals surface area contributed by atoms with Gasteiger partial charge in [0.2, 0.25) is 0 Å². The Hall–Kier alpha value is -0.170. The number of rotatable bonds is 5. The summed E-state index contributed by atoms with van der Waals surface area (Å²) in [6, 6.07) is 0.0341. The van der Waals surface area contributed by atoms with Crippen molar-refractivity contribution in [2.45, 2.75) is 45.1 Å². The van der Waals surface area contributed by atoms with Gasteiger partial charge in [-0.2, -0.15) is 12.7 Å². The van der Waals surface area contributed by atoms with E-state index in [-0.39, 0.29) is 6.04 Å². The Bertz CT molecular complexity index is 282. The summed E-state index contributed by atoms with van der Waals surface area (Å²) in [4.78, 5) is 0. The van der Waals surface area contributed by atoms with E-state index in [1.165, 1.54) is 0 Å². The molecule has 0 aliphatic carbocycles. The molecule has 1 heterocycles. The van der Waals surface area contributed by atoms with Crippen LogP contribution in [0, 0.1) is 0 Å². The third-order valence-electron chi connectivity index (χ3n) is 2.79. The molecular weight excluding hydrogens is 226 g/mol. The van der Waals surface area contributed by atoms with E-state index >= 15 is 0 Å². The SMILES string of the molecule is CC(N)CCNS(=O)(=O)N1CCCCCC1. The largest absolute Gasteiger partial charge is 0.328 e. The van der Waals surface area contributed by atoms with Crippen LogP contribution in [-0.4, -0.2) is 38.4 Å². The molecule has 0 radical (unpaired) electrons. The Morgan fingerprint density at radius 1 is 1.25 bits per heavy atom. The molecule has 1 rings (SSSR count). The second-order valence-electron chi connectivity index (χ2n) is 4.48. The molecule has 1 aliphatic rings. The quantitative estimate of drug-likeness (QED) is 0.742. The number of nitrogens with zero attached hydrogens (tertiary/aromatic N) is 1. The molecule has 0 bridgehead atoms. The lowest BCUT2D eigenvalue weighted by Crippen LogP contribution is -2.42. The van der Waals surface area contributed by atoms with Gasteiger partial charge in [0.1, 0.15) is 0 Å². The molecule has 1 unspecified atom stereocenters. The van der Waals surface area contributed by atoms with Crippen molar-refractivity contribution in [2.24, 2.45) is 5.73 Å². The molecule has 6 heteroatoms. The van der Waals surface area contributed by atoms with Gasteiger partial charge >= 0.3 is 0 Å². The van der Waals surface area contributed by atoms with Crippen LogP contribution in [0.15, 0.2) is 0 Å². The maximum absolute atomic E-state index is 11.9. The summed E-state index contributed by atoms with van der Waals surface area (Å²) >= 11 is 0. The standard InChI is InChI=1S/C10H23N3O2S/c1-10(11)6-7-12-16(14,15)13-8-4-2-3-5-9-13/h10,12H,2-9,11H2,1H3. The fourth-order valence-corrected chi connectivity index (χ4v) is 3.09. The second-order valence-corrected chi connectivity index (χ2v) is 6.23. The van der Waals surface area contributed by atoms with Crippen molar-refractivity contribution in [3.05, 3.63) is 0 Å². The molecule has 0 aromatic heterocycles. The van der Waals surface area contributed by atoms with Crippen molar-refractivity contribution in [3.8, 4) is 0 Å². The lowest BCUT2D eigenvalue weighted by atomic mass is 10.2. The summed E-state index contributed by atoms with van der Waals surface area (Å²) in [7, 11) is -3.27. The van der Waals surface area contributed by atoms with E-state index in [1.54, 1.807) is 4.31 Å². The van der Waals surface area contributed by atoms with Crippen LogP contribution in [0.25, 0.3) is 0 Å². The van der Waals surface area contributed by atoms with Crippen LogP contribution in [-0.2, 0) is 10.2 Å². The highest BCUT2D eigenvalue weighted by Gasteiger charge is 2.21.